The van der Waals surface area contributed by atoms with E-state index in [0.717, 1.165) is 12.8 Å². The van der Waals surface area contributed by atoms with Crippen LogP contribution in [0.3, 0.4) is 0 Å². The molecule has 0 spiro atoms. The van der Waals surface area contributed by atoms with E-state index in [1.807, 2.05) is 20.8 Å². The van der Waals surface area contributed by atoms with Gasteiger partial charge in [-0.15, -0.1) is 0 Å². The first-order valence-corrected chi connectivity index (χ1v) is 5.97. The molecule has 0 aliphatic rings. The molecule has 0 rings (SSSR count). The van der Waals surface area contributed by atoms with E-state index < -0.39 is 12.0 Å². The van der Waals surface area contributed by atoms with Crippen LogP contribution in [0.15, 0.2) is 0 Å². The molecule has 5 nitrogen and oxygen atoms in total. The van der Waals surface area contributed by atoms with Crippen molar-refractivity contribution in [3.8, 4) is 0 Å². The first kappa shape index (κ1) is 15.9. The molecule has 0 aromatic heterocycles. The maximum Gasteiger partial charge on any atom is 0.320 e. The van der Waals surface area contributed by atoms with Gasteiger partial charge < -0.3 is 10.4 Å². The number of unbranched alkanes of at least 4 members (excludes halogenated alkanes) is 1. The Morgan fingerprint density at radius 2 is 1.82 bits per heavy atom. The number of hydrogen-bond acceptors (Lipinski definition) is 3. The Hall–Kier alpha value is -1.10. The van der Waals surface area contributed by atoms with E-state index in [1.54, 1.807) is 0 Å². The molecule has 1 amide bonds. The zero-order chi connectivity index (χ0) is 13.5. The molecule has 3 N–H and O–H groups in total. The molecule has 17 heavy (non-hydrogen) atoms. The topological polar surface area (TPSA) is 78.4 Å². The standard InChI is InChI=1S/C12H24N2O3/c1-9(15)13-8-6-5-7-10(11(16)17)14-12(2,3)4/h10,14H,5-8H2,1-4H3,(H,13,15)(H,16,17). The summed E-state index contributed by atoms with van der Waals surface area (Å²) in [4.78, 5) is 21.6. The highest BCUT2D eigenvalue weighted by molar-refractivity contribution is 5.73. The number of aliphatic carboxylic acids is 1. The quantitative estimate of drug-likeness (QED) is 0.587. The molecule has 0 fully saturated rings. The summed E-state index contributed by atoms with van der Waals surface area (Å²) in [5.74, 6) is -0.868. The summed E-state index contributed by atoms with van der Waals surface area (Å²) in [6, 6.07) is -0.521. The van der Waals surface area contributed by atoms with Gasteiger partial charge in [-0.05, 0) is 40.0 Å². The van der Waals surface area contributed by atoms with Crippen molar-refractivity contribution >= 4 is 11.9 Å². The maximum atomic E-state index is 11.0. The van der Waals surface area contributed by atoms with Gasteiger partial charge in [-0.1, -0.05) is 0 Å². The molecule has 0 radical (unpaired) electrons. The second-order valence-corrected chi connectivity index (χ2v) is 5.26. The minimum atomic E-state index is -0.820. The van der Waals surface area contributed by atoms with Crippen LogP contribution in [0.2, 0.25) is 0 Å². The van der Waals surface area contributed by atoms with Crippen molar-refractivity contribution in [3.05, 3.63) is 0 Å². The summed E-state index contributed by atoms with van der Waals surface area (Å²) in [7, 11) is 0. The molecule has 0 saturated carbocycles. The van der Waals surface area contributed by atoms with Crippen LogP contribution in [0.1, 0.15) is 47.0 Å². The molecule has 0 aliphatic carbocycles. The molecular formula is C12H24N2O3. The minimum absolute atomic E-state index is 0.0485. The number of carbonyl (C=O) groups is 2. The molecule has 0 aromatic carbocycles. The fraction of sp³-hybridized carbons (Fsp3) is 0.833. The summed E-state index contributed by atoms with van der Waals surface area (Å²) in [6.45, 7) is 7.92. The second-order valence-electron chi connectivity index (χ2n) is 5.26. The van der Waals surface area contributed by atoms with E-state index in [2.05, 4.69) is 10.6 Å². The molecule has 1 unspecified atom stereocenters. The van der Waals surface area contributed by atoms with E-state index in [9.17, 15) is 9.59 Å². The highest BCUT2D eigenvalue weighted by atomic mass is 16.4. The normalized spacial score (nSPS) is 13.2. The Kier molecular flexibility index (Phi) is 6.80. The van der Waals surface area contributed by atoms with Crippen LogP contribution in [0.4, 0.5) is 0 Å². The fourth-order valence-electron chi connectivity index (χ4n) is 1.52. The average Bonchev–Trinajstić information content (AvgIpc) is 2.12. The highest BCUT2D eigenvalue weighted by Crippen LogP contribution is 2.07. The van der Waals surface area contributed by atoms with Gasteiger partial charge in [0.25, 0.3) is 0 Å². The summed E-state index contributed by atoms with van der Waals surface area (Å²) < 4.78 is 0. The van der Waals surface area contributed by atoms with E-state index in [4.69, 9.17) is 5.11 Å². The van der Waals surface area contributed by atoms with Gasteiger partial charge in [0.15, 0.2) is 0 Å². The van der Waals surface area contributed by atoms with Gasteiger partial charge in [-0.2, -0.15) is 0 Å². The first-order valence-electron chi connectivity index (χ1n) is 5.97. The minimum Gasteiger partial charge on any atom is -0.480 e. The smallest absolute Gasteiger partial charge is 0.320 e. The summed E-state index contributed by atoms with van der Waals surface area (Å²) in [5.41, 5.74) is -0.208. The number of amides is 1. The summed E-state index contributed by atoms with van der Waals surface area (Å²) in [6.07, 6.45) is 2.15. The summed E-state index contributed by atoms with van der Waals surface area (Å²) >= 11 is 0. The Balaban J connectivity index is 3.87. The van der Waals surface area contributed by atoms with Crippen LogP contribution < -0.4 is 10.6 Å². The predicted molar refractivity (Wildman–Crippen MR) is 66.8 cm³/mol. The first-order chi connectivity index (χ1) is 7.72. The van der Waals surface area contributed by atoms with Gasteiger partial charge in [-0.25, -0.2) is 0 Å². The van der Waals surface area contributed by atoms with Crippen molar-refractivity contribution < 1.29 is 14.7 Å². The molecule has 0 aromatic rings. The zero-order valence-corrected chi connectivity index (χ0v) is 11.2. The lowest BCUT2D eigenvalue weighted by molar-refractivity contribution is -0.140. The van der Waals surface area contributed by atoms with Gasteiger partial charge in [0.05, 0.1) is 0 Å². The molecule has 0 aliphatic heterocycles. The molecule has 0 saturated heterocycles. The Morgan fingerprint density at radius 3 is 2.24 bits per heavy atom. The third kappa shape index (κ3) is 9.81. The van der Waals surface area contributed by atoms with Crippen molar-refractivity contribution in [1.82, 2.24) is 10.6 Å². The van der Waals surface area contributed by atoms with Gasteiger partial charge >= 0.3 is 5.97 Å². The fourth-order valence-corrected chi connectivity index (χ4v) is 1.52. The molecular weight excluding hydrogens is 220 g/mol. The molecule has 100 valence electrons. The third-order valence-corrected chi connectivity index (χ3v) is 2.20. The third-order valence-electron chi connectivity index (χ3n) is 2.20. The zero-order valence-electron chi connectivity index (χ0n) is 11.2. The van der Waals surface area contributed by atoms with E-state index in [-0.39, 0.29) is 11.4 Å². The SMILES string of the molecule is CC(=O)NCCCCC(NC(C)(C)C)C(=O)O. The van der Waals surface area contributed by atoms with E-state index >= 15 is 0 Å². The molecule has 5 heteroatoms. The van der Waals surface area contributed by atoms with Crippen molar-refractivity contribution in [2.75, 3.05) is 6.54 Å². The number of nitrogens with one attached hydrogen (secondary N) is 2. The van der Waals surface area contributed by atoms with Gasteiger partial charge in [-0.3, -0.25) is 14.9 Å². The lowest BCUT2D eigenvalue weighted by Crippen LogP contribution is -2.47. The molecule has 0 heterocycles. The number of carboxylic acid groups (broad SMARTS) is 1. The van der Waals surface area contributed by atoms with Crippen molar-refractivity contribution in [3.63, 3.8) is 0 Å². The Morgan fingerprint density at radius 1 is 1.24 bits per heavy atom. The van der Waals surface area contributed by atoms with Gasteiger partial charge in [0.2, 0.25) is 5.91 Å². The number of carbonyl (C=O) groups excluding carboxylic acids is 1. The Bertz CT molecular complexity index is 259. The lowest BCUT2D eigenvalue weighted by Gasteiger charge is -2.26. The number of rotatable bonds is 7. The summed E-state index contributed by atoms with van der Waals surface area (Å²) in [5, 5.41) is 14.8. The predicted octanol–water partition coefficient (Wildman–Crippen LogP) is 1.13. The van der Waals surface area contributed by atoms with Gasteiger partial charge in [0.1, 0.15) is 6.04 Å². The number of carboxylic acids is 1. The monoisotopic (exact) mass is 244 g/mol. The van der Waals surface area contributed by atoms with Crippen LogP contribution >= 0.6 is 0 Å². The largest absolute Gasteiger partial charge is 0.480 e. The number of hydrogen-bond donors (Lipinski definition) is 3. The van der Waals surface area contributed by atoms with Crippen LogP contribution in [-0.4, -0.2) is 35.1 Å². The van der Waals surface area contributed by atoms with Crippen LogP contribution in [-0.2, 0) is 9.59 Å². The van der Waals surface area contributed by atoms with Gasteiger partial charge in [0, 0.05) is 19.0 Å². The van der Waals surface area contributed by atoms with Crippen LogP contribution in [0.25, 0.3) is 0 Å². The lowest BCUT2D eigenvalue weighted by atomic mass is 10.0. The second kappa shape index (κ2) is 7.27. The maximum absolute atomic E-state index is 11.0. The molecule has 1 atom stereocenters. The van der Waals surface area contributed by atoms with Crippen molar-refractivity contribution in [2.45, 2.75) is 58.5 Å². The van der Waals surface area contributed by atoms with Crippen molar-refractivity contribution in [1.29, 1.82) is 0 Å². The van der Waals surface area contributed by atoms with Crippen molar-refractivity contribution in [2.24, 2.45) is 0 Å². The van der Waals surface area contributed by atoms with E-state index in [0.29, 0.717) is 13.0 Å². The van der Waals surface area contributed by atoms with E-state index in [1.165, 1.54) is 6.92 Å². The Labute approximate surface area is 103 Å². The molecule has 0 bridgehead atoms. The van der Waals surface area contributed by atoms with Crippen LogP contribution in [0, 0.1) is 0 Å². The van der Waals surface area contributed by atoms with Crippen LogP contribution in [0.5, 0.6) is 0 Å². The average molecular weight is 244 g/mol. The highest BCUT2D eigenvalue weighted by Gasteiger charge is 2.22.